The summed E-state index contributed by atoms with van der Waals surface area (Å²) in [6.45, 7) is 5.61. The van der Waals surface area contributed by atoms with E-state index in [1.54, 1.807) is 39.2 Å². The second-order valence-corrected chi connectivity index (χ2v) is 8.52. The Morgan fingerprint density at radius 3 is 2.34 bits per heavy atom. The highest BCUT2D eigenvalue weighted by atomic mass is 16.3. The molecule has 2 aromatic rings. The fourth-order valence-electron chi connectivity index (χ4n) is 3.44. The highest BCUT2D eigenvalue weighted by Crippen LogP contribution is 2.41. The minimum atomic E-state index is -0.726. The van der Waals surface area contributed by atoms with Gasteiger partial charge in [0.15, 0.2) is 11.5 Å². The van der Waals surface area contributed by atoms with Gasteiger partial charge in [-0.3, -0.25) is 14.6 Å². The molecule has 0 saturated heterocycles. The smallest absolute Gasteiger partial charge is 0.290 e. The van der Waals surface area contributed by atoms with Gasteiger partial charge in [-0.1, -0.05) is 39.0 Å². The minimum absolute atomic E-state index is 0.156. The number of Topliss-reactive ketones (excluding diaryl/α,β-unsaturated/α-hetero) is 1. The molecule has 6 nitrogen and oxygen atoms in total. The molecule has 0 bridgehead atoms. The summed E-state index contributed by atoms with van der Waals surface area (Å²) in [4.78, 5) is 33.7. The van der Waals surface area contributed by atoms with E-state index in [-0.39, 0.29) is 17.9 Å². The summed E-state index contributed by atoms with van der Waals surface area (Å²) in [5, 5.41) is 10.7. The van der Waals surface area contributed by atoms with Crippen LogP contribution < -0.4 is 4.90 Å². The molecule has 1 aliphatic heterocycles. The number of nitrogens with zero attached hydrogens (tertiary/aromatic N) is 3. The first-order valence-electron chi connectivity index (χ1n) is 9.56. The first kappa shape index (κ1) is 20.6. The number of pyridine rings is 1. The van der Waals surface area contributed by atoms with Crippen LogP contribution in [0.15, 0.2) is 60.1 Å². The summed E-state index contributed by atoms with van der Waals surface area (Å²) in [5.41, 5.74) is 2.05. The molecule has 1 atom stereocenters. The van der Waals surface area contributed by atoms with Crippen LogP contribution in [0, 0.1) is 5.41 Å². The van der Waals surface area contributed by atoms with E-state index in [2.05, 4.69) is 4.98 Å². The van der Waals surface area contributed by atoms with Crippen molar-refractivity contribution in [2.75, 3.05) is 19.0 Å². The summed E-state index contributed by atoms with van der Waals surface area (Å²) >= 11 is 0. The lowest BCUT2D eigenvalue weighted by Gasteiger charge is -2.29. The Labute approximate surface area is 171 Å². The Bertz CT molecular complexity index is 942. The maximum absolute atomic E-state index is 13.2. The van der Waals surface area contributed by atoms with Gasteiger partial charge in [0.2, 0.25) is 0 Å². The van der Waals surface area contributed by atoms with Crippen molar-refractivity contribution in [1.82, 2.24) is 9.88 Å². The molecule has 1 aromatic heterocycles. The number of aromatic nitrogens is 1. The summed E-state index contributed by atoms with van der Waals surface area (Å²) in [6, 6.07) is 10.7. The van der Waals surface area contributed by atoms with E-state index < -0.39 is 23.1 Å². The van der Waals surface area contributed by atoms with E-state index in [9.17, 15) is 14.7 Å². The molecule has 1 N–H and O–H groups in total. The first-order valence-corrected chi connectivity index (χ1v) is 9.56. The third kappa shape index (κ3) is 4.01. The quantitative estimate of drug-likeness (QED) is 0.839. The number of aliphatic hydroxyl groups is 1. The fourth-order valence-corrected chi connectivity index (χ4v) is 3.44. The number of amides is 1. The molecular formula is C23H27N3O3. The van der Waals surface area contributed by atoms with Crippen molar-refractivity contribution in [2.24, 2.45) is 5.41 Å². The summed E-state index contributed by atoms with van der Waals surface area (Å²) in [6.07, 6.45) is 3.34. The van der Waals surface area contributed by atoms with Crippen LogP contribution >= 0.6 is 0 Å². The molecule has 0 spiro atoms. The molecule has 1 amide bonds. The summed E-state index contributed by atoms with van der Waals surface area (Å²) in [5.74, 6) is -1.24. The average molecular weight is 393 g/mol. The predicted octanol–water partition coefficient (Wildman–Crippen LogP) is 3.66. The van der Waals surface area contributed by atoms with Crippen molar-refractivity contribution in [1.29, 1.82) is 0 Å². The molecule has 0 radical (unpaired) electrons. The maximum Gasteiger partial charge on any atom is 0.290 e. The third-order valence-corrected chi connectivity index (χ3v) is 5.03. The molecule has 1 aliphatic rings. The lowest BCUT2D eigenvalue weighted by atomic mass is 9.82. The molecule has 6 heteroatoms. The molecule has 152 valence electrons. The Morgan fingerprint density at radius 1 is 1.17 bits per heavy atom. The van der Waals surface area contributed by atoms with Gasteiger partial charge in [-0.15, -0.1) is 0 Å². The zero-order chi connectivity index (χ0) is 21.3. The van der Waals surface area contributed by atoms with Gasteiger partial charge in [-0.2, -0.15) is 0 Å². The first-order chi connectivity index (χ1) is 13.6. The van der Waals surface area contributed by atoms with Crippen LogP contribution in [0.4, 0.5) is 5.69 Å². The molecular weight excluding hydrogens is 366 g/mol. The van der Waals surface area contributed by atoms with Gasteiger partial charge in [0, 0.05) is 44.1 Å². The number of aliphatic hydroxyl groups excluding tert-OH is 1. The second kappa shape index (κ2) is 7.70. The summed E-state index contributed by atoms with van der Waals surface area (Å²) in [7, 11) is 3.90. The zero-order valence-electron chi connectivity index (χ0n) is 17.5. The van der Waals surface area contributed by atoms with Gasteiger partial charge < -0.3 is 14.9 Å². The molecule has 0 saturated carbocycles. The van der Waals surface area contributed by atoms with Crippen LogP contribution in [-0.4, -0.2) is 40.8 Å². The standard InChI is InChI=1S/C23H27N3O3/c1-23(2,3)21(28)18-19(16-8-10-17(11-9-16)25(4)5)26(22(29)20(18)27)14-15-7-6-12-24-13-15/h6-13,19,27H,14H2,1-5H3. The molecule has 3 rings (SSSR count). The van der Waals surface area contributed by atoms with Crippen LogP contribution in [0.2, 0.25) is 0 Å². The highest BCUT2D eigenvalue weighted by molar-refractivity contribution is 6.10. The van der Waals surface area contributed by atoms with Crippen LogP contribution in [0.1, 0.15) is 37.9 Å². The zero-order valence-corrected chi connectivity index (χ0v) is 17.5. The van der Waals surface area contributed by atoms with Crippen molar-refractivity contribution in [3.8, 4) is 0 Å². The van der Waals surface area contributed by atoms with E-state index in [1.165, 1.54) is 4.90 Å². The topological polar surface area (TPSA) is 73.7 Å². The Kier molecular flexibility index (Phi) is 5.46. The van der Waals surface area contributed by atoms with Crippen LogP contribution in [-0.2, 0) is 16.1 Å². The number of hydrogen-bond acceptors (Lipinski definition) is 5. The van der Waals surface area contributed by atoms with Gasteiger partial charge in [0.05, 0.1) is 11.6 Å². The van der Waals surface area contributed by atoms with E-state index in [4.69, 9.17) is 0 Å². The normalized spacial score (nSPS) is 17.1. The van der Waals surface area contributed by atoms with E-state index in [1.807, 2.05) is 49.3 Å². The van der Waals surface area contributed by atoms with Gasteiger partial charge in [0.1, 0.15) is 0 Å². The van der Waals surface area contributed by atoms with Gasteiger partial charge in [-0.25, -0.2) is 0 Å². The lowest BCUT2D eigenvalue weighted by Crippen LogP contribution is -2.32. The van der Waals surface area contributed by atoms with Crippen molar-refractivity contribution in [3.05, 3.63) is 71.3 Å². The van der Waals surface area contributed by atoms with E-state index in [0.29, 0.717) is 0 Å². The minimum Gasteiger partial charge on any atom is -0.503 e. The number of hydrogen-bond donors (Lipinski definition) is 1. The van der Waals surface area contributed by atoms with Crippen molar-refractivity contribution < 1.29 is 14.7 Å². The largest absolute Gasteiger partial charge is 0.503 e. The third-order valence-electron chi connectivity index (χ3n) is 5.03. The predicted molar refractivity (Wildman–Crippen MR) is 112 cm³/mol. The Hall–Kier alpha value is -3.15. The molecule has 0 fully saturated rings. The van der Waals surface area contributed by atoms with Gasteiger partial charge in [-0.05, 0) is 29.3 Å². The Balaban J connectivity index is 2.08. The highest BCUT2D eigenvalue weighted by Gasteiger charge is 2.45. The number of ketones is 1. The van der Waals surface area contributed by atoms with E-state index >= 15 is 0 Å². The van der Waals surface area contributed by atoms with Crippen LogP contribution in [0.3, 0.4) is 0 Å². The average Bonchev–Trinajstić information content (AvgIpc) is 2.92. The van der Waals surface area contributed by atoms with Gasteiger partial charge >= 0.3 is 0 Å². The Morgan fingerprint density at radius 2 is 1.83 bits per heavy atom. The molecule has 29 heavy (non-hydrogen) atoms. The fraction of sp³-hybridized carbons (Fsp3) is 0.348. The molecule has 1 aromatic carbocycles. The number of benzene rings is 1. The van der Waals surface area contributed by atoms with Crippen molar-refractivity contribution in [2.45, 2.75) is 33.4 Å². The van der Waals surface area contributed by atoms with Crippen LogP contribution in [0.5, 0.6) is 0 Å². The van der Waals surface area contributed by atoms with E-state index in [0.717, 1.165) is 16.8 Å². The number of anilines is 1. The van der Waals surface area contributed by atoms with Crippen molar-refractivity contribution >= 4 is 17.4 Å². The monoisotopic (exact) mass is 393 g/mol. The maximum atomic E-state index is 13.2. The number of carbonyl (C=O) groups excluding carboxylic acids is 2. The lowest BCUT2D eigenvalue weighted by molar-refractivity contribution is -0.130. The SMILES string of the molecule is CN(C)c1ccc(C2C(C(=O)C(C)(C)C)=C(O)C(=O)N2Cc2cccnc2)cc1. The second-order valence-electron chi connectivity index (χ2n) is 8.52. The molecule has 0 aliphatic carbocycles. The van der Waals surface area contributed by atoms with Crippen molar-refractivity contribution in [3.63, 3.8) is 0 Å². The van der Waals surface area contributed by atoms with Crippen LogP contribution in [0.25, 0.3) is 0 Å². The number of rotatable bonds is 5. The van der Waals surface area contributed by atoms with Gasteiger partial charge in [0.25, 0.3) is 5.91 Å². The summed E-state index contributed by atoms with van der Waals surface area (Å²) < 4.78 is 0. The molecule has 1 unspecified atom stereocenters. The molecule has 2 heterocycles. The number of carbonyl (C=O) groups is 2.